The molecule has 32 heavy (non-hydrogen) atoms. The van der Waals surface area contributed by atoms with Gasteiger partial charge in [0.1, 0.15) is 0 Å². The number of methoxy groups -OCH3 is 1. The Balaban J connectivity index is 1.30. The summed E-state index contributed by atoms with van der Waals surface area (Å²) in [7, 11) is 1.69. The van der Waals surface area contributed by atoms with Crippen molar-refractivity contribution in [3.63, 3.8) is 0 Å². The van der Waals surface area contributed by atoms with E-state index in [1.165, 1.54) is 5.56 Å². The first-order valence-electron chi connectivity index (χ1n) is 11.7. The monoisotopic (exact) mass is 434 g/mol. The van der Waals surface area contributed by atoms with Gasteiger partial charge in [0.15, 0.2) is 5.82 Å². The third-order valence-electron chi connectivity index (χ3n) is 6.70. The van der Waals surface area contributed by atoms with E-state index in [-0.39, 0.29) is 5.92 Å². The van der Waals surface area contributed by atoms with Gasteiger partial charge in [-0.2, -0.15) is 0 Å². The minimum atomic E-state index is 0.102. The molecule has 4 rings (SSSR count). The van der Waals surface area contributed by atoms with Crippen molar-refractivity contribution in [3.05, 3.63) is 59.9 Å². The summed E-state index contributed by atoms with van der Waals surface area (Å²) >= 11 is 0. The Morgan fingerprint density at radius 1 is 1.06 bits per heavy atom. The molecule has 0 bridgehead atoms. The molecule has 3 heterocycles. The molecule has 1 amide bonds. The van der Waals surface area contributed by atoms with Crippen molar-refractivity contribution in [3.8, 4) is 11.4 Å². The van der Waals surface area contributed by atoms with Gasteiger partial charge in [0, 0.05) is 56.2 Å². The van der Waals surface area contributed by atoms with Crippen molar-refractivity contribution in [1.29, 1.82) is 0 Å². The maximum Gasteiger partial charge on any atom is 0.226 e. The molecule has 0 radical (unpaired) electrons. The normalized spacial score (nSPS) is 20.5. The van der Waals surface area contributed by atoms with Gasteiger partial charge in [-0.25, -0.2) is 9.97 Å². The Labute approximate surface area is 191 Å². The lowest BCUT2D eigenvalue weighted by atomic mass is 9.81. The number of nitrogens with zero attached hydrogens (tertiary/aromatic N) is 4. The molecule has 0 N–H and O–H groups in total. The number of aromatic nitrogens is 2. The standard InChI is InChI=1S/C26H34N4O2/c1-20-6-8-23(9-7-20)25-27-17-21(18-28-25)19-29-13-10-22(11-14-29)24-5-3-4-12-30(26(24)31)15-16-32-2/h3-4,6-9,17-18,22,24H,5,10-16,19H2,1-2H3/t24-/m0/s1. The summed E-state index contributed by atoms with van der Waals surface area (Å²) < 4.78 is 5.19. The lowest BCUT2D eigenvalue weighted by Crippen LogP contribution is -2.43. The molecule has 1 aromatic carbocycles. The minimum Gasteiger partial charge on any atom is -0.383 e. The zero-order valence-electron chi connectivity index (χ0n) is 19.2. The molecule has 0 saturated carbocycles. The van der Waals surface area contributed by atoms with Crippen molar-refractivity contribution in [2.24, 2.45) is 11.8 Å². The van der Waals surface area contributed by atoms with Crippen LogP contribution in [0.5, 0.6) is 0 Å². The quantitative estimate of drug-likeness (QED) is 0.622. The van der Waals surface area contributed by atoms with E-state index in [0.29, 0.717) is 31.5 Å². The molecule has 2 aliphatic heterocycles. The maximum absolute atomic E-state index is 13.1. The average Bonchev–Trinajstić information content (AvgIpc) is 3.00. The predicted octanol–water partition coefficient (Wildman–Crippen LogP) is 3.72. The number of likely N-dealkylation sites (tertiary alicyclic amines) is 1. The first-order chi connectivity index (χ1) is 15.6. The summed E-state index contributed by atoms with van der Waals surface area (Å²) in [5.41, 5.74) is 3.42. The van der Waals surface area contributed by atoms with Crippen molar-refractivity contribution in [2.45, 2.75) is 32.7 Å². The average molecular weight is 435 g/mol. The summed E-state index contributed by atoms with van der Waals surface area (Å²) in [6.07, 6.45) is 11.2. The van der Waals surface area contributed by atoms with Crippen LogP contribution in [0.4, 0.5) is 0 Å². The number of piperidine rings is 1. The van der Waals surface area contributed by atoms with Gasteiger partial charge in [-0.1, -0.05) is 42.0 Å². The largest absolute Gasteiger partial charge is 0.383 e. The summed E-state index contributed by atoms with van der Waals surface area (Å²) in [6.45, 7) is 6.93. The summed E-state index contributed by atoms with van der Waals surface area (Å²) in [5, 5.41) is 0. The van der Waals surface area contributed by atoms with Crippen LogP contribution in [-0.2, 0) is 16.1 Å². The molecule has 0 spiro atoms. The second kappa shape index (κ2) is 10.8. The Morgan fingerprint density at radius 3 is 2.47 bits per heavy atom. The first kappa shape index (κ1) is 22.6. The molecule has 1 saturated heterocycles. The van der Waals surface area contributed by atoms with E-state index in [9.17, 15) is 4.79 Å². The minimum absolute atomic E-state index is 0.102. The number of carbonyl (C=O) groups is 1. The molecule has 2 aromatic rings. The second-order valence-corrected chi connectivity index (χ2v) is 8.99. The third-order valence-corrected chi connectivity index (χ3v) is 6.70. The number of carbonyl (C=O) groups excluding carboxylic acids is 1. The van der Waals surface area contributed by atoms with Gasteiger partial charge >= 0.3 is 0 Å². The van der Waals surface area contributed by atoms with Crippen LogP contribution in [0.2, 0.25) is 0 Å². The third kappa shape index (κ3) is 5.61. The molecule has 1 atom stereocenters. The molecule has 0 unspecified atom stereocenters. The zero-order chi connectivity index (χ0) is 22.3. The highest BCUT2D eigenvalue weighted by molar-refractivity contribution is 5.80. The van der Waals surface area contributed by atoms with Crippen LogP contribution in [0.3, 0.4) is 0 Å². The van der Waals surface area contributed by atoms with Gasteiger partial charge < -0.3 is 9.64 Å². The number of amides is 1. The number of aryl methyl sites for hydroxylation is 1. The van der Waals surface area contributed by atoms with Crippen molar-refractivity contribution >= 4 is 5.91 Å². The fourth-order valence-electron chi connectivity index (χ4n) is 4.73. The van der Waals surface area contributed by atoms with Crippen LogP contribution >= 0.6 is 0 Å². The van der Waals surface area contributed by atoms with Crippen LogP contribution in [0.15, 0.2) is 48.8 Å². The summed E-state index contributed by atoms with van der Waals surface area (Å²) in [4.78, 5) is 26.7. The molecule has 0 aliphatic carbocycles. The van der Waals surface area contributed by atoms with Crippen LogP contribution in [0.1, 0.15) is 30.4 Å². The molecule has 6 heteroatoms. The van der Waals surface area contributed by atoms with Gasteiger partial charge in [-0.05, 0) is 45.2 Å². The highest BCUT2D eigenvalue weighted by Gasteiger charge is 2.33. The molecule has 170 valence electrons. The second-order valence-electron chi connectivity index (χ2n) is 8.99. The van der Waals surface area contributed by atoms with Gasteiger partial charge in [0.2, 0.25) is 5.91 Å². The Bertz CT molecular complexity index is 902. The van der Waals surface area contributed by atoms with E-state index in [4.69, 9.17) is 4.74 Å². The lowest BCUT2D eigenvalue weighted by Gasteiger charge is -2.36. The van der Waals surface area contributed by atoms with E-state index in [2.05, 4.69) is 58.2 Å². The van der Waals surface area contributed by atoms with Crippen molar-refractivity contribution in [2.75, 3.05) is 39.9 Å². The Kier molecular flexibility index (Phi) is 7.66. The van der Waals surface area contributed by atoms with Crippen LogP contribution in [0.25, 0.3) is 11.4 Å². The van der Waals surface area contributed by atoms with Crippen molar-refractivity contribution < 1.29 is 9.53 Å². The highest BCUT2D eigenvalue weighted by atomic mass is 16.5. The highest BCUT2D eigenvalue weighted by Crippen LogP contribution is 2.31. The molecular weight excluding hydrogens is 400 g/mol. The van der Waals surface area contributed by atoms with E-state index >= 15 is 0 Å². The number of rotatable bonds is 7. The maximum atomic E-state index is 13.1. The Morgan fingerprint density at radius 2 is 1.78 bits per heavy atom. The topological polar surface area (TPSA) is 58.6 Å². The van der Waals surface area contributed by atoms with E-state index in [0.717, 1.165) is 55.8 Å². The fourth-order valence-corrected chi connectivity index (χ4v) is 4.73. The van der Waals surface area contributed by atoms with E-state index in [1.807, 2.05) is 17.3 Å². The fraction of sp³-hybridized carbons (Fsp3) is 0.500. The van der Waals surface area contributed by atoms with Gasteiger partial charge in [-0.15, -0.1) is 0 Å². The SMILES string of the molecule is COCCN1CC=CC[C@@H](C2CCN(Cc3cnc(-c4ccc(C)cc4)nc3)CC2)C1=O. The lowest BCUT2D eigenvalue weighted by molar-refractivity contribution is -0.137. The smallest absolute Gasteiger partial charge is 0.226 e. The van der Waals surface area contributed by atoms with E-state index in [1.54, 1.807) is 7.11 Å². The molecule has 1 aromatic heterocycles. The van der Waals surface area contributed by atoms with Crippen LogP contribution < -0.4 is 0 Å². The van der Waals surface area contributed by atoms with Gasteiger partial charge in [0.05, 0.1) is 6.61 Å². The summed E-state index contributed by atoms with van der Waals surface area (Å²) in [5.74, 6) is 1.62. The van der Waals surface area contributed by atoms with Crippen LogP contribution in [-0.4, -0.2) is 65.6 Å². The van der Waals surface area contributed by atoms with E-state index < -0.39 is 0 Å². The number of hydrogen-bond acceptors (Lipinski definition) is 5. The molecular formula is C26H34N4O2. The first-order valence-corrected chi connectivity index (χ1v) is 11.7. The summed E-state index contributed by atoms with van der Waals surface area (Å²) in [6, 6.07) is 8.30. The number of allylic oxidation sites excluding steroid dienone is 1. The molecule has 6 nitrogen and oxygen atoms in total. The van der Waals surface area contributed by atoms with Crippen molar-refractivity contribution in [1.82, 2.24) is 19.8 Å². The Hall–Kier alpha value is -2.57. The van der Waals surface area contributed by atoms with Gasteiger partial charge in [0.25, 0.3) is 0 Å². The molecule has 2 aliphatic rings. The number of benzene rings is 1. The molecule has 1 fully saturated rings. The number of hydrogen-bond donors (Lipinski definition) is 0. The van der Waals surface area contributed by atoms with Gasteiger partial charge in [-0.3, -0.25) is 9.69 Å². The number of ether oxygens (including phenoxy) is 1. The van der Waals surface area contributed by atoms with Crippen LogP contribution in [0, 0.1) is 18.8 Å². The predicted molar refractivity (Wildman–Crippen MR) is 126 cm³/mol. The zero-order valence-corrected chi connectivity index (χ0v) is 19.2.